The molecule has 1 amide bonds. The molecule has 1 aromatic carbocycles. The van der Waals surface area contributed by atoms with Gasteiger partial charge in [-0.25, -0.2) is 9.37 Å². The van der Waals surface area contributed by atoms with E-state index in [1.54, 1.807) is 25.1 Å². The summed E-state index contributed by atoms with van der Waals surface area (Å²) in [5, 5.41) is 3.12. The maximum Gasteiger partial charge on any atom is 0.292 e. The van der Waals surface area contributed by atoms with Crippen LogP contribution >= 0.6 is 23.2 Å². The predicted octanol–water partition coefficient (Wildman–Crippen LogP) is 5.35. The second-order valence-electron chi connectivity index (χ2n) is 5.01. The van der Waals surface area contributed by atoms with Crippen LogP contribution < -0.4 is 5.32 Å². The van der Waals surface area contributed by atoms with E-state index in [0.29, 0.717) is 27.9 Å². The minimum Gasteiger partial charge on any atom is -0.451 e. The highest BCUT2D eigenvalue weighted by Gasteiger charge is 2.14. The van der Waals surface area contributed by atoms with Gasteiger partial charge in [0.25, 0.3) is 5.91 Å². The van der Waals surface area contributed by atoms with Gasteiger partial charge < -0.3 is 9.73 Å². The average molecular weight is 365 g/mol. The average Bonchev–Trinajstić information content (AvgIpc) is 3.04. The van der Waals surface area contributed by atoms with Gasteiger partial charge in [-0.15, -0.1) is 0 Å². The molecule has 0 saturated heterocycles. The molecule has 1 N–H and O–H groups in total. The summed E-state index contributed by atoms with van der Waals surface area (Å²) in [7, 11) is 0. The molecule has 0 atom stereocenters. The molecule has 3 aromatic rings. The number of nitrogens with zero attached hydrogens (tertiary/aromatic N) is 1. The Morgan fingerprint density at radius 2 is 1.92 bits per heavy atom. The summed E-state index contributed by atoms with van der Waals surface area (Å²) in [5.41, 5.74) is 1.18. The van der Waals surface area contributed by atoms with Gasteiger partial charge >= 0.3 is 0 Å². The molecule has 0 fully saturated rings. The van der Waals surface area contributed by atoms with Crippen molar-refractivity contribution >= 4 is 34.9 Å². The van der Waals surface area contributed by atoms with E-state index >= 15 is 0 Å². The lowest BCUT2D eigenvalue weighted by Gasteiger charge is -2.04. The van der Waals surface area contributed by atoms with Gasteiger partial charge in [0.1, 0.15) is 17.4 Å². The van der Waals surface area contributed by atoms with Crippen LogP contribution in [0.25, 0.3) is 11.3 Å². The lowest BCUT2D eigenvalue weighted by molar-refractivity contribution is 0.0997. The molecule has 4 nitrogen and oxygen atoms in total. The van der Waals surface area contributed by atoms with Gasteiger partial charge in [0.05, 0.1) is 15.7 Å². The summed E-state index contributed by atoms with van der Waals surface area (Å²) >= 11 is 11.7. The highest BCUT2D eigenvalue weighted by atomic mass is 35.5. The third kappa shape index (κ3) is 3.42. The number of nitrogens with one attached hydrogen (secondary N) is 1. The second kappa shape index (κ2) is 6.63. The third-order valence-electron chi connectivity index (χ3n) is 3.30. The first-order valence-corrected chi connectivity index (χ1v) is 7.69. The standard InChI is InChI=1S/C17H11Cl2FN2O2/c1-9-11(18)3-7-16(21-9)22-17(23)15-6-5-14(24-15)10-2-4-13(20)12(19)8-10/h2-8H,1H3,(H,21,22,23). The first-order chi connectivity index (χ1) is 11.4. The molecule has 122 valence electrons. The van der Waals surface area contributed by atoms with E-state index in [4.69, 9.17) is 27.6 Å². The zero-order valence-electron chi connectivity index (χ0n) is 12.4. The zero-order valence-corrected chi connectivity index (χ0v) is 14.0. The van der Waals surface area contributed by atoms with Gasteiger partial charge in [-0.2, -0.15) is 0 Å². The molecule has 0 aliphatic rings. The number of halogens is 3. The summed E-state index contributed by atoms with van der Waals surface area (Å²) in [5.74, 6) is -0.107. The van der Waals surface area contributed by atoms with Crippen LogP contribution in [0.4, 0.5) is 10.2 Å². The minimum atomic E-state index is -0.519. The number of furan rings is 1. The van der Waals surface area contributed by atoms with Crippen LogP contribution in [-0.2, 0) is 0 Å². The smallest absolute Gasteiger partial charge is 0.292 e. The topological polar surface area (TPSA) is 55.1 Å². The fourth-order valence-electron chi connectivity index (χ4n) is 2.06. The largest absolute Gasteiger partial charge is 0.451 e. The Bertz CT molecular complexity index is 925. The lowest BCUT2D eigenvalue weighted by Crippen LogP contribution is -2.12. The van der Waals surface area contributed by atoms with Gasteiger partial charge in [-0.1, -0.05) is 23.2 Å². The summed E-state index contributed by atoms with van der Waals surface area (Å²) in [6, 6.07) is 10.6. The second-order valence-corrected chi connectivity index (χ2v) is 5.83. The normalized spacial score (nSPS) is 10.7. The Kier molecular flexibility index (Phi) is 4.55. The monoisotopic (exact) mass is 364 g/mol. The Balaban J connectivity index is 1.80. The fraction of sp³-hybridized carbons (Fsp3) is 0.0588. The van der Waals surface area contributed by atoms with Crippen LogP contribution in [0.1, 0.15) is 16.2 Å². The molecule has 2 aromatic heterocycles. The van der Waals surface area contributed by atoms with Gasteiger partial charge in [0, 0.05) is 5.56 Å². The fourth-order valence-corrected chi connectivity index (χ4v) is 2.34. The van der Waals surface area contributed by atoms with Gasteiger partial charge in [0.15, 0.2) is 5.76 Å². The number of benzene rings is 1. The van der Waals surface area contributed by atoms with Crippen LogP contribution in [0.5, 0.6) is 0 Å². The van der Waals surface area contributed by atoms with Crippen LogP contribution in [0.15, 0.2) is 46.9 Å². The van der Waals surface area contributed by atoms with Crippen molar-refractivity contribution in [3.8, 4) is 11.3 Å². The molecule has 24 heavy (non-hydrogen) atoms. The molecule has 2 heterocycles. The Morgan fingerprint density at radius 1 is 1.12 bits per heavy atom. The highest BCUT2D eigenvalue weighted by molar-refractivity contribution is 6.31. The van der Waals surface area contributed by atoms with Crippen LogP contribution in [0, 0.1) is 12.7 Å². The van der Waals surface area contributed by atoms with Gasteiger partial charge in [-0.3, -0.25) is 4.79 Å². The molecule has 7 heteroatoms. The number of hydrogen-bond donors (Lipinski definition) is 1. The van der Waals surface area contributed by atoms with Crippen molar-refractivity contribution in [2.24, 2.45) is 0 Å². The Labute approximate surface area is 147 Å². The summed E-state index contributed by atoms with van der Waals surface area (Å²) < 4.78 is 18.7. The molecule has 0 saturated carbocycles. The van der Waals surface area contributed by atoms with E-state index in [9.17, 15) is 9.18 Å². The number of carbonyl (C=O) groups excluding carboxylic acids is 1. The van der Waals surface area contributed by atoms with Crippen molar-refractivity contribution < 1.29 is 13.6 Å². The van der Waals surface area contributed by atoms with Crippen LogP contribution in [-0.4, -0.2) is 10.9 Å². The van der Waals surface area contributed by atoms with Crippen LogP contribution in [0.3, 0.4) is 0 Å². The number of aromatic nitrogens is 1. The van der Waals surface area contributed by atoms with Gasteiger partial charge in [-0.05, 0) is 49.4 Å². The molecule has 0 spiro atoms. The van der Waals surface area contributed by atoms with Crippen molar-refractivity contribution in [2.75, 3.05) is 5.32 Å². The van der Waals surface area contributed by atoms with Crippen molar-refractivity contribution in [3.63, 3.8) is 0 Å². The first kappa shape index (κ1) is 16.5. The number of anilines is 1. The third-order valence-corrected chi connectivity index (χ3v) is 3.99. The maximum absolute atomic E-state index is 13.2. The van der Waals surface area contributed by atoms with Crippen molar-refractivity contribution in [1.29, 1.82) is 0 Å². The molecular formula is C17H11Cl2FN2O2. The predicted molar refractivity (Wildman–Crippen MR) is 91.0 cm³/mol. The molecule has 0 unspecified atom stereocenters. The quantitative estimate of drug-likeness (QED) is 0.681. The van der Waals surface area contributed by atoms with E-state index in [1.165, 1.54) is 24.3 Å². The number of carbonyl (C=O) groups is 1. The Morgan fingerprint density at radius 3 is 2.62 bits per heavy atom. The lowest BCUT2D eigenvalue weighted by atomic mass is 10.2. The number of aryl methyl sites for hydroxylation is 1. The number of hydrogen-bond acceptors (Lipinski definition) is 3. The Hall–Kier alpha value is -2.37. The number of amides is 1. The highest BCUT2D eigenvalue weighted by Crippen LogP contribution is 2.27. The minimum absolute atomic E-state index is 0.0178. The molecule has 0 radical (unpaired) electrons. The van der Waals surface area contributed by atoms with Crippen molar-refractivity contribution in [2.45, 2.75) is 6.92 Å². The number of pyridine rings is 1. The molecular weight excluding hydrogens is 354 g/mol. The van der Waals surface area contributed by atoms with E-state index in [2.05, 4.69) is 10.3 Å². The SMILES string of the molecule is Cc1nc(NC(=O)c2ccc(-c3ccc(F)c(Cl)c3)o2)ccc1Cl. The van der Waals surface area contributed by atoms with Crippen LogP contribution in [0.2, 0.25) is 10.0 Å². The summed E-state index contributed by atoms with van der Waals surface area (Å²) in [6.07, 6.45) is 0. The summed E-state index contributed by atoms with van der Waals surface area (Å²) in [4.78, 5) is 16.4. The maximum atomic E-state index is 13.2. The van der Waals surface area contributed by atoms with E-state index in [1.807, 2.05) is 0 Å². The van der Waals surface area contributed by atoms with Crippen molar-refractivity contribution in [1.82, 2.24) is 4.98 Å². The molecule has 0 bridgehead atoms. The first-order valence-electron chi connectivity index (χ1n) is 6.94. The molecule has 3 rings (SSSR count). The zero-order chi connectivity index (χ0) is 17.3. The summed E-state index contributed by atoms with van der Waals surface area (Å²) in [6.45, 7) is 1.74. The van der Waals surface area contributed by atoms with E-state index in [-0.39, 0.29) is 10.8 Å². The van der Waals surface area contributed by atoms with Gasteiger partial charge in [0.2, 0.25) is 0 Å². The van der Waals surface area contributed by atoms with E-state index < -0.39 is 11.7 Å². The number of rotatable bonds is 3. The van der Waals surface area contributed by atoms with Crippen molar-refractivity contribution in [3.05, 3.63) is 69.8 Å². The van der Waals surface area contributed by atoms with E-state index in [0.717, 1.165) is 0 Å². The molecule has 0 aliphatic carbocycles. The molecule has 0 aliphatic heterocycles.